The highest BCUT2D eigenvalue weighted by molar-refractivity contribution is 5.51. The van der Waals surface area contributed by atoms with Crippen LogP contribution in [0.25, 0.3) is 11.4 Å². The number of hydrogen-bond donors (Lipinski definition) is 0. The minimum atomic E-state index is 0.690. The van der Waals surface area contributed by atoms with Crippen LogP contribution in [0.3, 0.4) is 0 Å². The third kappa shape index (κ3) is 2.37. The number of rotatable bonds is 4. The Bertz CT molecular complexity index is 700. The molecule has 7 nitrogen and oxygen atoms in total. The van der Waals surface area contributed by atoms with Crippen LogP contribution in [0.1, 0.15) is 5.56 Å². The third-order valence-electron chi connectivity index (χ3n) is 3.02. The van der Waals surface area contributed by atoms with Crippen LogP contribution >= 0.6 is 0 Å². The molecule has 3 aromatic rings. The van der Waals surface area contributed by atoms with Crippen LogP contribution in [-0.4, -0.2) is 37.1 Å². The lowest BCUT2D eigenvalue weighted by Crippen LogP contribution is -1.99. The van der Waals surface area contributed by atoms with Gasteiger partial charge in [0.1, 0.15) is 5.75 Å². The van der Waals surface area contributed by atoms with Crippen LogP contribution in [0.4, 0.5) is 0 Å². The van der Waals surface area contributed by atoms with Gasteiger partial charge in [-0.1, -0.05) is 12.1 Å². The van der Waals surface area contributed by atoms with E-state index in [-0.39, 0.29) is 0 Å². The molecule has 0 aliphatic rings. The van der Waals surface area contributed by atoms with Crippen molar-refractivity contribution < 1.29 is 4.74 Å². The largest absolute Gasteiger partial charge is 0.497 e. The van der Waals surface area contributed by atoms with Gasteiger partial charge in [0.15, 0.2) is 5.82 Å². The number of aromatic nitrogens is 6. The number of ether oxygens (including phenoxy) is 1. The Kier molecular flexibility index (Phi) is 3.16. The molecule has 0 aliphatic heterocycles. The third-order valence-corrected chi connectivity index (χ3v) is 3.02. The molecule has 3 rings (SSSR count). The van der Waals surface area contributed by atoms with Crippen molar-refractivity contribution in [1.29, 1.82) is 0 Å². The quantitative estimate of drug-likeness (QED) is 0.710. The molecule has 0 radical (unpaired) electrons. The Morgan fingerprint density at radius 2 is 2.00 bits per heavy atom. The van der Waals surface area contributed by atoms with Crippen molar-refractivity contribution in [2.24, 2.45) is 7.05 Å². The summed E-state index contributed by atoms with van der Waals surface area (Å²) in [5, 5.41) is 15.7. The second-order valence-electron chi connectivity index (χ2n) is 4.40. The summed E-state index contributed by atoms with van der Waals surface area (Å²) in [5.74, 6) is 1.55. The van der Waals surface area contributed by atoms with Crippen molar-refractivity contribution in [3.63, 3.8) is 0 Å². The normalized spacial score (nSPS) is 10.7. The second-order valence-corrected chi connectivity index (χ2v) is 4.40. The Morgan fingerprint density at radius 1 is 1.20 bits per heavy atom. The molecule has 0 saturated carbocycles. The molecule has 0 amide bonds. The second kappa shape index (κ2) is 5.12. The van der Waals surface area contributed by atoms with Gasteiger partial charge in [0.05, 0.1) is 25.4 Å². The zero-order valence-corrected chi connectivity index (χ0v) is 11.3. The van der Waals surface area contributed by atoms with E-state index in [1.165, 1.54) is 0 Å². The molecule has 20 heavy (non-hydrogen) atoms. The molecule has 2 heterocycles. The van der Waals surface area contributed by atoms with E-state index in [2.05, 4.69) is 20.6 Å². The van der Waals surface area contributed by atoms with Crippen LogP contribution < -0.4 is 4.74 Å². The molecule has 7 heteroatoms. The SMILES string of the molecule is COc1ccc(Cn2cc(-c3nnnn3C)cn2)cc1. The predicted octanol–water partition coefficient (Wildman–Crippen LogP) is 1.13. The van der Waals surface area contributed by atoms with E-state index in [0.29, 0.717) is 12.4 Å². The van der Waals surface area contributed by atoms with E-state index in [4.69, 9.17) is 4.74 Å². The fraction of sp³-hybridized carbons (Fsp3) is 0.231. The van der Waals surface area contributed by atoms with Crippen LogP contribution in [-0.2, 0) is 13.6 Å². The van der Waals surface area contributed by atoms with Gasteiger partial charge < -0.3 is 4.74 Å². The fourth-order valence-electron chi connectivity index (χ4n) is 1.96. The molecule has 0 saturated heterocycles. The average Bonchev–Trinajstić information content (AvgIpc) is 3.08. The molecule has 0 unspecified atom stereocenters. The number of benzene rings is 1. The van der Waals surface area contributed by atoms with Crippen molar-refractivity contribution in [2.75, 3.05) is 7.11 Å². The number of nitrogens with zero attached hydrogens (tertiary/aromatic N) is 6. The Balaban J connectivity index is 1.78. The number of hydrogen-bond acceptors (Lipinski definition) is 5. The van der Waals surface area contributed by atoms with Gasteiger partial charge in [-0.2, -0.15) is 5.10 Å². The van der Waals surface area contributed by atoms with Gasteiger partial charge >= 0.3 is 0 Å². The molecule has 2 aromatic heterocycles. The molecule has 0 aliphatic carbocycles. The first kappa shape index (κ1) is 12.3. The van der Waals surface area contributed by atoms with Crippen LogP contribution in [0, 0.1) is 0 Å². The van der Waals surface area contributed by atoms with Gasteiger partial charge in [0, 0.05) is 13.2 Å². The van der Waals surface area contributed by atoms with Crippen molar-refractivity contribution >= 4 is 0 Å². The summed E-state index contributed by atoms with van der Waals surface area (Å²) < 4.78 is 8.61. The molecule has 102 valence electrons. The summed E-state index contributed by atoms with van der Waals surface area (Å²) in [6.45, 7) is 0.690. The summed E-state index contributed by atoms with van der Waals surface area (Å²) in [7, 11) is 3.46. The zero-order valence-electron chi connectivity index (χ0n) is 11.3. The first-order chi connectivity index (χ1) is 9.76. The monoisotopic (exact) mass is 270 g/mol. The summed E-state index contributed by atoms with van der Waals surface area (Å²) in [6.07, 6.45) is 3.69. The van der Waals surface area contributed by atoms with E-state index < -0.39 is 0 Å². The van der Waals surface area contributed by atoms with Crippen LogP contribution in [0.2, 0.25) is 0 Å². The highest BCUT2D eigenvalue weighted by atomic mass is 16.5. The van der Waals surface area contributed by atoms with Crippen molar-refractivity contribution in [1.82, 2.24) is 30.0 Å². The maximum atomic E-state index is 5.14. The Labute approximate surface area is 115 Å². The van der Waals surface area contributed by atoms with Gasteiger partial charge in [0.2, 0.25) is 0 Å². The van der Waals surface area contributed by atoms with Crippen LogP contribution in [0.5, 0.6) is 5.75 Å². The first-order valence-electron chi connectivity index (χ1n) is 6.14. The molecule has 1 aromatic carbocycles. The molecule has 0 atom stereocenters. The number of methoxy groups -OCH3 is 1. The van der Waals surface area contributed by atoms with E-state index in [1.807, 2.05) is 35.1 Å². The average molecular weight is 270 g/mol. The minimum Gasteiger partial charge on any atom is -0.497 e. The van der Waals surface area contributed by atoms with Crippen molar-refractivity contribution in [2.45, 2.75) is 6.54 Å². The van der Waals surface area contributed by atoms with Crippen LogP contribution in [0.15, 0.2) is 36.7 Å². The summed E-state index contributed by atoms with van der Waals surface area (Å²) in [6, 6.07) is 7.91. The van der Waals surface area contributed by atoms with Crippen molar-refractivity contribution in [3.8, 4) is 17.1 Å². The highest BCUT2D eigenvalue weighted by Crippen LogP contribution is 2.15. The van der Waals surface area contributed by atoms with E-state index in [1.54, 1.807) is 25.0 Å². The number of tetrazole rings is 1. The molecule has 0 bridgehead atoms. The van der Waals surface area contributed by atoms with Gasteiger partial charge in [-0.25, -0.2) is 4.68 Å². The molecule has 0 N–H and O–H groups in total. The molecular formula is C13H14N6O. The lowest BCUT2D eigenvalue weighted by molar-refractivity contribution is 0.414. The minimum absolute atomic E-state index is 0.690. The van der Waals surface area contributed by atoms with Gasteiger partial charge in [0.25, 0.3) is 0 Å². The van der Waals surface area contributed by atoms with Gasteiger partial charge in [-0.3, -0.25) is 4.68 Å². The summed E-state index contributed by atoms with van der Waals surface area (Å²) in [5.41, 5.74) is 2.04. The standard InChI is InChI=1S/C13H14N6O/c1-18-13(15-16-17-18)11-7-14-19(9-11)8-10-3-5-12(20-2)6-4-10/h3-7,9H,8H2,1-2H3. The van der Waals surface area contributed by atoms with E-state index in [9.17, 15) is 0 Å². The predicted molar refractivity (Wildman–Crippen MR) is 72.1 cm³/mol. The molecule has 0 fully saturated rings. The smallest absolute Gasteiger partial charge is 0.184 e. The zero-order chi connectivity index (χ0) is 13.9. The van der Waals surface area contributed by atoms with Gasteiger partial charge in [-0.15, -0.1) is 5.10 Å². The summed E-state index contributed by atoms with van der Waals surface area (Å²) in [4.78, 5) is 0. The van der Waals surface area contributed by atoms with E-state index >= 15 is 0 Å². The summed E-state index contributed by atoms with van der Waals surface area (Å²) >= 11 is 0. The maximum absolute atomic E-state index is 5.14. The first-order valence-corrected chi connectivity index (χ1v) is 6.14. The molecule has 0 spiro atoms. The Hall–Kier alpha value is -2.70. The van der Waals surface area contributed by atoms with Gasteiger partial charge in [-0.05, 0) is 28.1 Å². The highest BCUT2D eigenvalue weighted by Gasteiger charge is 2.08. The lowest BCUT2D eigenvalue weighted by Gasteiger charge is -2.03. The topological polar surface area (TPSA) is 70.7 Å². The number of aryl methyl sites for hydroxylation is 1. The molecular weight excluding hydrogens is 256 g/mol. The van der Waals surface area contributed by atoms with E-state index in [0.717, 1.165) is 16.9 Å². The Morgan fingerprint density at radius 3 is 2.65 bits per heavy atom. The fourth-order valence-corrected chi connectivity index (χ4v) is 1.96. The van der Waals surface area contributed by atoms with Crippen molar-refractivity contribution in [3.05, 3.63) is 42.2 Å². The maximum Gasteiger partial charge on any atom is 0.184 e. The lowest BCUT2D eigenvalue weighted by atomic mass is 10.2.